The Hall–Kier alpha value is -0.990. The van der Waals surface area contributed by atoms with E-state index in [0.717, 1.165) is 5.92 Å². The Kier molecular flexibility index (Phi) is 1.04. The maximum atomic E-state index is 11.7. The van der Waals surface area contributed by atoms with Crippen LogP contribution >= 0.6 is 0 Å². The van der Waals surface area contributed by atoms with Gasteiger partial charge in [-0.3, -0.25) is 4.90 Å². The Bertz CT molecular complexity index is 351. The highest BCUT2D eigenvalue weighted by Crippen LogP contribution is 2.59. The molecule has 0 aromatic carbocycles. The molecule has 1 saturated carbocycles. The van der Waals surface area contributed by atoms with Crippen LogP contribution in [0.3, 0.4) is 0 Å². The first kappa shape index (κ1) is 7.32. The molecule has 0 N–H and O–H groups in total. The molecule has 2 heterocycles. The summed E-state index contributed by atoms with van der Waals surface area (Å²) in [6.45, 7) is 2.02. The highest BCUT2D eigenvalue weighted by atomic mass is 16.6. The van der Waals surface area contributed by atoms with Crippen molar-refractivity contribution in [1.29, 1.82) is 0 Å². The van der Waals surface area contributed by atoms with Gasteiger partial charge in [0, 0.05) is 17.9 Å². The largest absolute Gasteiger partial charge is 0.444 e. The summed E-state index contributed by atoms with van der Waals surface area (Å²) in [5.41, 5.74) is 0. The monoisotopic (exact) mass is 191 g/mol. The quantitative estimate of drug-likeness (QED) is 0.542. The summed E-state index contributed by atoms with van der Waals surface area (Å²) in [5, 5.41) is 0. The Labute approximate surface area is 82.7 Å². The van der Waals surface area contributed by atoms with E-state index in [0.29, 0.717) is 23.9 Å². The predicted molar refractivity (Wildman–Crippen MR) is 49.6 cm³/mol. The molecule has 2 aliphatic carbocycles. The van der Waals surface area contributed by atoms with Gasteiger partial charge in [-0.15, -0.1) is 0 Å². The second-order valence-corrected chi connectivity index (χ2v) is 5.00. The molecule has 2 aliphatic heterocycles. The Morgan fingerprint density at radius 1 is 1.43 bits per heavy atom. The zero-order valence-corrected chi connectivity index (χ0v) is 8.09. The van der Waals surface area contributed by atoms with Crippen molar-refractivity contribution in [2.45, 2.75) is 31.5 Å². The summed E-state index contributed by atoms with van der Waals surface area (Å²) >= 11 is 0. The van der Waals surface area contributed by atoms with Crippen LogP contribution in [-0.2, 0) is 4.74 Å². The summed E-state index contributed by atoms with van der Waals surface area (Å²) in [4.78, 5) is 13.7. The molecule has 14 heavy (non-hydrogen) atoms. The lowest BCUT2D eigenvalue weighted by atomic mass is 9.85. The van der Waals surface area contributed by atoms with E-state index in [1.807, 2.05) is 11.8 Å². The van der Waals surface area contributed by atoms with E-state index in [4.69, 9.17) is 4.74 Å². The first-order valence-corrected chi connectivity index (χ1v) is 5.44. The topological polar surface area (TPSA) is 29.5 Å². The lowest BCUT2D eigenvalue weighted by Gasteiger charge is -2.33. The minimum absolute atomic E-state index is 0.0756. The van der Waals surface area contributed by atoms with Crippen molar-refractivity contribution in [2.75, 3.05) is 0 Å². The number of fused-ring (bicyclic) bond motifs is 5. The molecule has 0 spiro atoms. The molecule has 3 heteroatoms. The molecule has 2 saturated heterocycles. The minimum atomic E-state index is -0.0756. The highest BCUT2D eigenvalue weighted by Gasteiger charge is 2.65. The van der Waals surface area contributed by atoms with Crippen LogP contribution < -0.4 is 0 Å². The number of nitrogens with zero attached hydrogens (tertiary/aromatic N) is 1. The van der Waals surface area contributed by atoms with Crippen molar-refractivity contribution in [1.82, 2.24) is 4.90 Å². The summed E-state index contributed by atoms with van der Waals surface area (Å²) in [6.07, 6.45) is 5.91. The molecule has 2 bridgehead atoms. The van der Waals surface area contributed by atoms with Crippen LogP contribution in [0.2, 0.25) is 0 Å². The fraction of sp³-hybridized carbons (Fsp3) is 0.727. The second kappa shape index (κ2) is 2.00. The summed E-state index contributed by atoms with van der Waals surface area (Å²) in [6, 6.07) is 0.806. The average Bonchev–Trinajstić information content (AvgIpc) is 2.84. The fourth-order valence-corrected chi connectivity index (χ4v) is 3.76. The lowest BCUT2D eigenvalue weighted by Crippen LogP contribution is -2.46. The molecule has 0 aromatic rings. The van der Waals surface area contributed by atoms with Crippen molar-refractivity contribution >= 4 is 6.09 Å². The van der Waals surface area contributed by atoms with Gasteiger partial charge in [0.1, 0.15) is 6.10 Å². The van der Waals surface area contributed by atoms with Gasteiger partial charge >= 0.3 is 6.09 Å². The SMILES string of the molecule is CC1OC(=O)N2C1C1C=CC3C(C1)C32. The van der Waals surface area contributed by atoms with Gasteiger partial charge < -0.3 is 4.74 Å². The van der Waals surface area contributed by atoms with Crippen LogP contribution in [0, 0.1) is 17.8 Å². The Morgan fingerprint density at radius 2 is 2.29 bits per heavy atom. The maximum Gasteiger partial charge on any atom is 0.410 e. The zero-order valence-electron chi connectivity index (χ0n) is 8.09. The van der Waals surface area contributed by atoms with E-state index in [1.165, 1.54) is 6.42 Å². The van der Waals surface area contributed by atoms with Crippen molar-refractivity contribution in [3.05, 3.63) is 12.2 Å². The van der Waals surface area contributed by atoms with Crippen LogP contribution in [0.1, 0.15) is 13.3 Å². The van der Waals surface area contributed by atoms with Gasteiger partial charge in [0.15, 0.2) is 0 Å². The molecular weight excluding hydrogens is 178 g/mol. The van der Waals surface area contributed by atoms with E-state index >= 15 is 0 Å². The molecular formula is C11H13NO2. The molecule has 4 rings (SSSR count). The van der Waals surface area contributed by atoms with Gasteiger partial charge in [-0.2, -0.15) is 0 Å². The molecule has 3 fully saturated rings. The number of hydrogen-bond acceptors (Lipinski definition) is 2. The van der Waals surface area contributed by atoms with Crippen LogP contribution in [0.5, 0.6) is 0 Å². The zero-order chi connectivity index (χ0) is 9.45. The van der Waals surface area contributed by atoms with Crippen molar-refractivity contribution in [3.63, 3.8) is 0 Å². The third-order valence-electron chi connectivity index (χ3n) is 4.37. The standard InChI is InChI=1S/C11H13NO2/c1-5-9-6-2-3-7-8(4-6)10(7)12(9)11(13)14-5/h2-3,5-10H,4H2,1H3. The average molecular weight is 191 g/mol. The Balaban J connectivity index is 1.82. The van der Waals surface area contributed by atoms with E-state index < -0.39 is 0 Å². The van der Waals surface area contributed by atoms with Gasteiger partial charge in [0.2, 0.25) is 0 Å². The normalized spacial score (nSPS) is 56.9. The number of carbonyl (C=O) groups is 1. The third kappa shape index (κ3) is 0.625. The fourth-order valence-electron chi connectivity index (χ4n) is 3.76. The summed E-state index contributed by atoms with van der Waals surface area (Å²) in [7, 11) is 0. The molecule has 3 nitrogen and oxygen atoms in total. The van der Waals surface area contributed by atoms with Gasteiger partial charge in [-0.1, -0.05) is 12.2 Å². The molecule has 74 valence electrons. The van der Waals surface area contributed by atoms with Crippen LogP contribution in [0.15, 0.2) is 12.2 Å². The van der Waals surface area contributed by atoms with Crippen LogP contribution in [-0.4, -0.2) is 29.2 Å². The molecule has 6 unspecified atom stereocenters. The molecule has 1 amide bonds. The predicted octanol–water partition coefficient (Wildman–Crippen LogP) is 1.40. The van der Waals surface area contributed by atoms with Crippen molar-refractivity contribution in [3.8, 4) is 0 Å². The smallest absolute Gasteiger partial charge is 0.410 e. The summed E-state index contributed by atoms with van der Waals surface area (Å²) in [5.74, 6) is 1.95. The van der Waals surface area contributed by atoms with Crippen LogP contribution in [0.4, 0.5) is 4.79 Å². The number of cyclic esters (lactones) is 1. The minimum Gasteiger partial charge on any atom is -0.444 e. The van der Waals surface area contributed by atoms with Gasteiger partial charge in [-0.05, 0) is 19.3 Å². The number of carbonyl (C=O) groups excluding carboxylic acids is 1. The van der Waals surface area contributed by atoms with E-state index in [1.54, 1.807) is 0 Å². The number of rotatable bonds is 0. The number of ether oxygens (including phenoxy) is 1. The number of piperidine rings is 1. The number of amides is 1. The first-order valence-electron chi connectivity index (χ1n) is 5.44. The van der Waals surface area contributed by atoms with Gasteiger partial charge in [0.05, 0.1) is 6.04 Å². The van der Waals surface area contributed by atoms with Crippen LogP contribution in [0.25, 0.3) is 0 Å². The maximum absolute atomic E-state index is 11.7. The lowest BCUT2D eigenvalue weighted by molar-refractivity contribution is 0.135. The van der Waals surface area contributed by atoms with Crippen molar-refractivity contribution in [2.24, 2.45) is 17.8 Å². The first-order chi connectivity index (χ1) is 6.77. The van der Waals surface area contributed by atoms with Gasteiger partial charge in [0.25, 0.3) is 0 Å². The number of hydrogen-bond donors (Lipinski definition) is 0. The second-order valence-electron chi connectivity index (χ2n) is 5.00. The van der Waals surface area contributed by atoms with E-state index in [2.05, 4.69) is 12.2 Å². The molecule has 4 aliphatic rings. The Morgan fingerprint density at radius 3 is 3.14 bits per heavy atom. The summed E-state index contributed by atoms with van der Waals surface area (Å²) < 4.78 is 5.31. The molecule has 0 radical (unpaired) electrons. The van der Waals surface area contributed by atoms with E-state index in [9.17, 15) is 4.79 Å². The third-order valence-corrected chi connectivity index (χ3v) is 4.37. The van der Waals surface area contributed by atoms with Gasteiger partial charge in [-0.25, -0.2) is 4.79 Å². The van der Waals surface area contributed by atoms with Crippen molar-refractivity contribution < 1.29 is 9.53 Å². The highest BCUT2D eigenvalue weighted by molar-refractivity contribution is 5.73. The molecule has 0 aromatic heterocycles. The van der Waals surface area contributed by atoms with E-state index in [-0.39, 0.29) is 12.2 Å². The molecule has 6 atom stereocenters.